The van der Waals surface area contributed by atoms with Crippen LogP contribution in [0.5, 0.6) is 0 Å². The van der Waals surface area contributed by atoms with E-state index in [1.807, 2.05) is 25.1 Å². The predicted molar refractivity (Wildman–Crippen MR) is 38.0 cm³/mol. The Morgan fingerprint density at radius 1 is 1.78 bits per heavy atom. The summed E-state index contributed by atoms with van der Waals surface area (Å²) < 4.78 is 0. The van der Waals surface area contributed by atoms with Gasteiger partial charge >= 0.3 is 0 Å². The lowest BCUT2D eigenvalue weighted by molar-refractivity contribution is 0.509. The molecule has 1 aliphatic rings. The summed E-state index contributed by atoms with van der Waals surface area (Å²) in [7, 11) is 1.98. The zero-order valence-corrected chi connectivity index (χ0v) is 5.76. The lowest BCUT2D eigenvalue weighted by atomic mass is 10.3. The summed E-state index contributed by atoms with van der Waals surface area (Å²) in [5.74, 6) is 0.598. The molecule has 50 valence electrons. The molecule has 0 aliphatic carbocycles. The van der Waals surface area contributed by atoms with Crippen LogP contribution < -0.4 is 5.73 Å². The van der Waals surface area contributed by atoms with Gasteiger partial charge in [0.1, 0.15) is 5.82 Å². The van der Waals surface area contributed by atoms with Gasteiger partial charge in [0.15, 0.2) is 0 Å². The van der Waals surface area contributed by atoms with Crippen LogP contribution in [0.4, 0.5) is 0 Å². The molecule has 0 aromatic carbocycles. The van der Waals surface area contributed by atoms with Crippen molar-refractivity contribution in [2.75, 3.05) is 13.6 Å². The Morgan fingerprint density at radius 2 is 2.44 bits per heavy atom. The smallest absolute Gasteiger partial charge is 0.139 e. The van der Waals surface area contributed by atoms with Crippen molar-refractivity contribution in [3.8, 4) is 0 Å². The standard InChI is InChI=1S/C6H11N3/c1-5-3-9(2)4-6(7)8-5/h4H,3,7H2,1-2H3. The molecule has 2 N–H and O–H groups in total. The highest BCUT2D eigenvalue weighted by molar-refractivity contribution is 5.85. The van der Waals surface area contributed by atoms with E-state index in [1.54, 1.807) is 0 Å². The van der Waals surface area contributed by atoms with Crippen molar-refractivity contribution < 1.29 is 0 Å². The molecular formula is C6H11N3. The van der Waals surface area contributed by atoms with Crippen LogP contribution in [0.3, 0.4) is 0 Å². The topological polar surface area (TPSA) is 41.6 Å². The Labute approximate surface area is 54.9 Å². The van der Waals surface area contributed by atoms with Crippen LogP contribution in [0, 0.1) is 0 Å². The van der Waals surface area contributed by atoms with Gasteiger partial charge in [-0.25, -0.2) is 4.99 Å². The van der Waals surface area contributed by atoms with Crippen LogP contribution in [0.1, 0.15) is 6.92 Å². The fourth-order valence-corrected chi connectivity index (χ4v) is 0.917. The molecule has 0 unspecified atom stereocenters. The molecule has 1 rings (SSSR count). The van der Waals surface area contributed by atoms with Gasteiger partial charge in [-0.1, -0.05) is 0 Å². The van der Waals surface area contributed by atoms with Crippen LogP contribution in [-0.2, 0) is 0 Å². The molecule has 0 saturated carbocycles. The minimum atomic E-state index is 0.598. The minimum Gasteiger partial charge on any atom is -0.382 e. The van der Waals surface area contributed by atoms with E-state index in [1.165, 1.54) is 0 Å². The lowest BCUT2D eigenvalue weighted by Crippen LogP contribution is -2.24. The highest BCUT2D eigenvalue weighted by Gasteiger charge is 2.02. The Balaban J connectivity index is 2.74. The maximum atomic E-state index is 5.45. The zero-order chi connectivity index (χ0) is 6.85. The van der Waals surface area contributed by atoms with Crippen LogP contribution >= 0.6 is 0 Å². The maximum Gasteiger partial charge on any atom is 0.139 e. The third kappa shape index (κ3) is 1.45. The van der Waals surface area contributed by atoms with Crippen LogP contribution in [-0.4, -0.2) is 24.2 Å². The second-order valence-electron chi connectivity index (χ2n) is 2.32. The van der Waals surface area contributed by atoms with E-state index in [0.29, 0.717) is 5.82 Å². The Bertz CT molecular complexity index is 169. The molecule has 0 aromatic rings. The van der Waals surface area contributed by atoms with Crippen molar-refractivity contribution in [3.63, 3.8) is 0 Å². The lowest BCUT2D eigenvalue weighted by Gasteiger charge is -2.17. The van der Waals surface area contributed by atoms with Crippen LogP contribution in [0.25, 0.3) is 0 Å². The van der Waals surface area contributed by atoms with Crippen LogP contribution in [0.15, 0.2) is 17.0 Å². The number of aliphatic imine (C=N–C) groups is 1. The third-order valence-corrected chi connectivity index (χ3v) is 1.15. The Morgan fingerprint density at radius 3 is 2.89 bits per heavy atom. The summed E-state index contributed by atoms with van der Waals surface area (Å²) in [6.07, 6.45) is 1.83. The van der Waals surface area contributed by atoms with E-state index in [0.717, 1.165) is 12.3 Å². The van der Waals surface area contributed by atoms with E-state index in [4.69, 9.17) is 5.73 Å². The number of hydrogen-bond acceptors (Lipinski definition) is 3. The molecule has 0 spiro atoms. The first kappa shape index (κ1) is 6.13. The third-order valence-electron chi connectivity index (χ3n) is 1.15. The van der Waals surface area contributed by atoms with Crippen molar-refractivity contribution in [2.24, 2.45) is 10.7 Å². The number of nitrogens with two attached hydrogens (primary N) is 1. The molecule has 0 amide bonds. The summed E-state index contributed by atoms with van der Waals surface area (Å²) in [4.78, 5) is 6.06. The highest BCUT2D eigenvalue weighted by atomic mass is 15.1. The summed E-state index contributed by atoms with van der Waals surface area (Å²) in [6.45, 7) is 2.86. The number of rotatable bonds is 0. The van der Waals surface area contributed by atoms with Crippen molar-refractivity contribution in [3.05, 3.63) is 12.0 Å². The van der Waals surface area contributed by atoms with Crippen molar-refractivity contribution in [2.45, 2.75) is 6.92 Å². The first-order chi connectivity index (χ1) is 4.18. The van der Waals surface area contributed by atoms with Gasteiger partial charge in [0.05, 0.1) is 6.54 Å². The van der Waals surface area contributed by atoms with E-state index >= 15 is 0 Å². The first-order valence-electron chi connectivity index (χ1n) is 2.90. The largest absolute Gasteiger partial charge is 0.382 e. The van der Waals surface area contributed by atoms with Gasteiger partial charge in [0, 0.05) is 19.0 Å². The van der Waals surface area contributed by atoms with Gasteiger partial charge < -0.3 is 10.6 Å². The molecule has 0 atom stereocenters. The predicted octanol–water partition coefficient (Wildman–Crippen LogP) is 0.150. The van der Waals surface area contributed by atoms with E-state index < -0.39 is 0 Å². The monoisotopic (exact) mass is 125 g/mol. The van der Waals surface area contributed by atoms with E-state index in [2.05, 4.69) is 4.99 Å². The second kappa shape index (κ2) is 2.09. The summed E-state index contributed by atoms with van der Waals surface area (Å²) in [5, 5.41) is 0. The molecule has 0 fully saturated rings. The quantitative estimate of drug-likeness (QED) is 0.500. The van der Waals surface area contributed by atoms with Gasteiger partial charge in [-0.2, -0.15) is 0 Å². The highest BCUT2D eigenvalue weighted by Crippen LogP contribution is 1.99. The van der Waals surface area contributed by atoms with E-state index in [9.17, 15) is 0 Å². The van der Waals surface area contributed by atoms with Crippen molar-refractivity contribution >= 4 is 5.71 Å². The summed E-state index contributed by atoms with van der Waals surface area (Å²) >= 11 is 0. The molecule has 1 heterocycles. The van der Waals surface area contributed by atoms with E-state index in [-0.39, 0.29) is 0 Å². The SMILES string of the molecule is CC1=NC(N)=CN(C)C1. The first-order valence-corrected chi connectivity index (χ1v) is 2.90. The fourth-order valence-electron chi connectivity index (χ4n) is 0.917. The molecule has 0 aromatic heterocycles. The molecule has 0 bridgehead atoms. The average molecular weight is 125 g/mol. The summed E-state index contributed by atoms with van der Waals surface area (Å²) in [5.41, 5.74) is 6.51. The summed E-state index contributed by atoms with van der Waals surface area (Å²) in [6, 6.07) is 0. The molecular weight excluding hydrogens is 114 g/mol. The zero-order valence-electron chi connectivity index (χ0n) is 5.76. The maximum absolute atomic E-state index is 5.45. The van der Waals surface area contributed by atoms with Crippen molar-refractivity contribution in [1.82, 2.24) is 4.90 Å². The minimum absolute atomic E-state index is 0.598. The normalized spacial score (nSPS) is 19.1. The molecule has 0 radical (unpaired) electrons. The van der Waals surface area contributed by atoms with Gasteiger partial charge in [-0.15, -0.1) is 0 Å². The Hall–Kier alpha value is -0.990. The van der Waals surface area contributed by atoms with Gasteiger partial charge in [0.2, 0.25) is 0 Å². The van der Waals surface area contributed by atoms with Gasteiger partial charge in [0.25, 0.3) is 0 Å². The second-order valence-corrected chi connectivity index (χ2v) is 2.32. The van der Waals surface area contributed by atoms with Gasteiger partial charge in [-0.3, -0.25) is 0 Å². The number of nitrogens with zero attached hydrogens (tertiary/aromatic N) is 2. The molecule has 1 aliphatic heterocycles. The van der Waals surface area contributed by atoms with Crippen molar-refractivity contribution in [1.29, 1.82) is 0 Å². The Kier molecular flexibility index (Phi) is 1.42. The number of hydrogen-bond donors (Lipinski definition) is 1. The molecule has 0 saturated heterocycles. The molecule has 3 heteroatoms. The average Bonchev–Trinajstić information content (AvgIpc) is 1.59. The van der Waals surface area contributed by atoms with Gasteiger partial charge in [-0.05, 0) is 6.92 Å². The fraction of sp³-hybridized carbons (Fsp3) is 0.500. The molecule has 3 nitrogen and oxygen atoms in total. The molecule has 9 heavy (non-hydrogen) atoms. The van der Waals surface area contributed by atoms with Crippen LogP contribution in [0.2, 0.25) is 0 Å².